The van der Waals surface area contributed by atoms with Crippen LogP contribution in [0, 0.1) is 20.2 Å². The minimum absolute atomic E-state index is 0.0364. The largest absolute Gasteiger partial charge is 0.370 e. The molecule has 3 aromatic rings. The summed E-state index contributed by atoms with van der Waals surface area (Å²) >= 11 is 0. The van der Waals surface area contributed by atoms with Crippen molar-refractivity contribution in [1.82, 2.24) is 10.6 Å². The second-order valence-corrected chi connectivity index (χ2v) is 13.4. The summed E-state index contributed by atoms with van der Waals surface area (Å²) in [7, 11) is 0. The van der Waals surface area contributed by atoms with Gasteiger partial charge in [0.1, 0.15) is 32.2 Å². The van der Waals surface area contributed by atoms with E-state index in [1.54, 1.807) is 24.3 Å². The summed E-state index contributed by atoms with van der Waals surface area (Å²) in [5.74, 6) is -0.450. The highest BCUT2D eigenvalue weighted by molar-refractivity contribution is 5.88. The minimum atomic E-state index is -0.771. The van der Waals surface area contributed by atoms with Gasteiger partial charge in [-0.3, -0.25) is 29.8 Å². The smallest absolute Gasteiger partial charge is 0.275 e. The van der Waals surface area contributed by atoms with Gasteiger partial charge in [-0.05, 0) is 49.1 Å². The quantitative estimate of drug-likeness (QED) is 0.141. The van der Waals surface area contributed by atoms with Gasteiger partial charge >= 0.3 is 0 Å². The van der Waals surface area contributed by atoms with Crippen molar-refractivity contribution in [3.63, 3.8) is 0 Å². The van der Waals surface area contributed by atoms with E-state index in [4.69, 9.17) is 4.74 Å². The van der Waals surface area contributed by atoms with Crippen LogP contribution in [0.3, 0.4) is 0 Å². The zero-order valence-corrected chi connectivity index (χ0v) is 27.8. The van der Waals surface area contributed by atoms with Crippen LogP contribution in [-0.4, -0.2) is 95.7 Å². The van der Waals surface area contributed by atoms with E-state index < -0.39 is 15.9 Å². The number of piperidine rings is 1. The SMILES string of the molecule is O=C(C[N+]1(Cc2ccc([N+](=O)[O-])cc2)CCCCC1)N[C@@H](Cc1ccccc1)C(=O)NCC[N+]1(Cc2ccc([N+](=O)[O-])cc2)CCOCC1. The number of nitro benzene ring substituents is 2. The Labute approximate surface area is 286 Å². The Morgan fingerprint density at radius 2 is 1.27 bits per heavy atom. The molecule has 0 radical (unpaired) electrons. The predicted molar refractivity (Wildman–Crippen MR) is 183 cm³/mol. The number of quaternary nitrogens is 2. The third kappa shape index (κ3) is 10.1. The fourth-order valence-corrected chi connectivity index (χ4v) is 7.11. The fraction of sp³-hybridized carbons (Fsp3) is 0.444. The number of carbonyl (C=O) groups is 2. The van der Waals surface area contributed by atoms with Gasteiger partial charge in [-0.15, -0.1) is 0 Å². The molecular formula is C36H46N6O7+2. The number of nitro groups is 2. The number of hydrogen-bond acceptors (Lipinski definition) is 7. The lowest BCUT2D eigenvalue weighted by molar-refractivity contribution is -0.946. The summed E-state index contributed by atoms with van der Waals surface area (Å²) in [5, 5.41) is 28.4. The molecule has 260 valence electrons. The van der Waals surface area contributed by atoms with Crippen molar-refractivity contribution in [2.75, 3.05) is 59.0 Å². The van der Waals surface area contributed by atoms with Gasteiger partial charge in [0.2, 0.25) is 5.91 Å². The van der Waals surface area contributed by atoms with E-state index in [1.807, 2.05) is 30.3 Å². The molecule has 2 aliphatic rings. The topological polar surface area (TPSA) is 154 Å². The lowest BCUT2D eigenvalue weighted by atomic mass is 10.0. The molecule has 5 rings (SSSR count). The number of ether oxygens (including phenoxy) is 1. The molecule has 49 heavy (non-hydrogen) atoms. The Hall–Kier alpha value is -4.72. The summed E-state index contributed by atoms with van der Waals surface area (Å²) in [6.07, 6.45) is 3.41. The van der Waals surface area contributed by atoms with E-state index in [-0.39, 0.29) is 29.7 Å². The molecule has 2 aliphatic heterocycles. The molecule has 2 heterocycles. The summed E-state index contributed by atoms with van der Waals surface area (Å²) in [4.78, 5) is 49.0. The Bertz CT molecular complexity index is 1570. The molecule has 0 unspecified atom stereocenters. The third-order valence-corrected chi connectivity index (χ3v) is 9.81. The first-order chi connectivity index (χ1) is 23.6. The lowest BCUT2D eigenvalue weighted by Gasteiger charge is -2.41. The molecule has 0 saturated carbocycles. The molecule has 13 heteroatoms. The van der Waals surface area contributed by atoms with Crippen molar-refractivity contribution in [2.45, 2.75) is 44.8 Å². The molecule has 13 nitrogen and oxygen atoms in total. The second kappa shape index (κ2) is 16.6. The first-order valence-electron chi connectivity index (χ1n) is 17.0. The zero-order chi connectivity index (χ0) is 34.7. The number of morpholine rings is 1. The summed E-state index contributed by atoms with van der Waals surface area (Å²) in [5.41, 5.74) is 2.94. The standard InChI is InChI=1S/C36H44N6O7/c43-35(28-42(18-5-2-6-19-42)27-31-11-15-33(16-12-31)40(47)48)38-34(25-29-7-3-1-4-8-29)36(44)37-17-20-41(21-23-49-24-22-41)26-30-9-13-32(14-10-30)39(45)46/h1,3-4,7-16,34H,2,5-6,17-28H2/p+2/t34-/m0/s1. The van der Waals surface area contributed by atoms with E-state index in [2.05, 4.69) is 10.6 Å². The van der Waals surface area contributed by atoms with Crippen LogP contribution in [0.1, 0.15) is 36.0 Å². The highest BCUT2D eigenvalue weighted by atomic mass is 16.6. The number of carbonyl (C=O) groups excluding carboxylic acids is 2. The summed E-state index contributed by atoms with van der Waals surface area (Å²) < 4.78 is 6.86. The van der Waals surface area contributed by atoms with Crippen molar-refractivity contribution in [2.24, 2.45) is 0 Å². The maximum absolute atomic E-state index is 13.8. The number of nitrogens with one attached hydrogen (secondary N) is 2. The van der Waals surface area contributed by atoms with E-state index in [9.17, 15) is 29.8 Å². The Morgan fingerprint density at radius 1 is 0.714 bits per heavy atom. The van der Waals surface area contributed by atoms with Crippen molar-refractivity contribution in [1.29, 1.82) is 0 Å². The molecule has 0 bridgehead atoms. The number of benzene rings is 3. The number of likely N-dealkylation sites (tertiary alicyclic amines) is 1. The molecule has 1 atom stereocenters. The van der Waals surface area contributed by atoms with Gasteiger partial charge in [-0.25, -0.2) is 0 Å². The molecule has 2 saturated heterocycles. The van der Waals surface area contributed by atoms with Crippen molar-refractivity contribution in [3.8, 4) is 0 Å². The van der Waals surface area contributed by atoms with Gasteiger partial charge in [0.15, 0.2) is 6.54 Å². The number of nitrogens with zero attached hydrogens (tertiary/aromatic N) is 4. The molecule has 2 N–H and O–H groups in total. The molecule has 0 spiro atoms. The highest BCUT2D eigenvalue weighted by Crippen LogP contribution is 2.24. The number of rotatable bonds is 15. The van der Waals surface area contributed by atoms with Crippen LogP contribution in [0.25, 0.3) is 0 Å². The van der Waals surface area contributed by atoms with Gasteiger partial charge in [0.05, 0.1) is 49.2 Å². The van der Waals surface area contributed by atoms with Crippen molar-refractivity contribution in [3.05, 3.63) is 116 Å². The van der Waals surface area contributed by atoms with Crippen LogP contribution in [0.5, 0.6) is 0 Å². The van der Waals surface area contributed by atoms with Gasteiger partial charge < -0.3 is 24.3 Å². The monoisotopic (exact) mass is 674 g/mol. The van der Waals surface area contributed by atoms with Crippen LogP contribution in [0.4, 0.5) is 11.4 Å². The lowest BCUT2D eigenvalue weighted by Crippen LogP contribution is -2.59. The van der Waals surface area contributed by atoms with E-state index >= 15 is 0 Å². The van der Waals surface area contributed by atoms with Gasteiger partial charge in [0, 0.05) is 41.8 Å². The first kappa shape index (κ1) is 35.6. The van der Waals surface area contributed by atoms with Crippen LogP contribution in [0.2, 0.25) is 0 Å². The molecule has 0 aromatic heterocycles. The Morgan fingerprint density at radius 3 is 1.82 bits per heavy atom. The number of non-ortho nitro benzene ring substituents is 2. The van der Waals surface area contributed by atoms with E-state index in [0.717, 1.165) is 62.1 Å². The minimum Gasteiger partial charge on any atom is -0.370 e. The highest BCUT2D eigenvalue weighted by Gasteiger charge is 2.35. The maximum atomic E-state index is 13.8. The Kier molecular flexibility index (Phi) is 12.1. The maximum Gasteiger partial charge on any atom is 0.275 e. The zero-order valence-electron chi connectivity index (χ0n) is 27.8. The third-order valence-electron chi connectivity index (χ3n) is 9.81. The average Bonchev–Trinajstić information content (AvgIpc) is 3.09. The van der Waals surface area contributed by atoms with Crippen LogP contribution in [0.15, 0.2) is 78.9 Å². The van der Waals surface area contributed by atoms with Gasteiger partial charge in [-0.1, -0.05) is 30.3 Å². The normalized spacial score (nSPS) is 17.4. The summed E-state index contributed by atoms with van der Waals surface area (Å²) in [6, 6.07) is 22.0. The predicted octanol–water partition coefficient (Wildman–Crippen LogP) is 3.89. The van der Waals surface area contributed by atoms with E-state index in [0.29, 0.717) is 54.8 Å². The van der Waals surface area contributed by atoms with Crippen LogP contribution in [-0.2, 0) is 33.8 Å². The Balaban J connectivity index is 1.25. The van der Waals surface area contributed by atoms with Crippen molar-refractivity contribution < 1.29 is 33.1 Å². The summed E-state index contributed by atoms with van der Waals surface area (Å²) in [6.45, 7) is 6.83. The fourth-order valence-electron chi connectivity index (χ4n) is 7.11. The van der Waals surface area contributed by atoms with Gasteiger partial charge in [-0.2, -0.15) is 0 Å². The molecular weight excluding hydrogens is 628 g/mol. The molecule has 2 fully saturated rings. The van der Waals surface area contributed by atoms with Gasteiger partial charge in [0.25, 0.3) is 17.3 Å². The van der Waals surface area contributed by atoms with Crippen LogP contribution < -0.4 is 10.6 Å². The van der Waals surface area contributed by atoms with Crippen molar-refractivity contribution >= 4 is 23.2 Å². The van der Waals surface area contributed by atoms with E-state index in [1.165, 1.54) is 24.3 Å². The first-order valence-corrected chi connectivity index (χ1v) is 17.0. The molecule has 2 amide bonds. The average molecular weight is 675 g/mol. The molecule has 3 aromatic carbocycles. The second-order valence-electron chi connectivity index (χ2n) is 13.4. The number of hydrogen-bond donors (Lipinski definition) is 2. The van der Waals surface area contributed by atoms with Crippen LogP contribution >= 0.6 is 0 Å². The number of amides is 2. The molecule has 0 aliphatic carbocycles.